The molecule has 0 atom stereocenters. The first-order valence-corrected chi connectivity index (χ1v) is 4.76. The van der Waals surface area contributed by atoms with E-state index in [0.717, 1.165) is 18.6 Å². The van der Waals surface area contributed by atoms with Gasteiger partial charge in [-0.05, 0) is 31.4 Å². The smallest absolute Gasteiger partial charge is 0.121 e. The Labute approximate surface area is 83.1 Å². The molecule has 0 saturated heterocycles. The van der Waals surface area contributed by atoms with Gasteiger partial charge in [0.05, 0.1) is 17.4 Å². The highest BCUT2D eigenvalue weighted by Gasteiger charge is 2.19. The Kier molecular flexibility index (Phi) is 2.28. The van der Waals surface area contributed by atoms with Gasteiger partial charge in [-0.2, -0.15) is 5.26 Å². The molecule has 0 heterocycles. The molecule has 1 aromatic rings. The van der Waals surface area contributed by atoms with E-state index in [1.807, 2.05) is 6.07 Å². The Morgan fingerprint density at radius 2 is 2.21 bits per heavy atom. The van der Waals surface area contributed by atoms with Crippen LogP contribution in [0, 0.1) is 11.3 Å². The minimum atomic E-state index is 0.349. The number of nitrogen functional groups attached to an aromatic ring is 1. The minimum Gasteiger partial charge on any atom is -0.490 e. The molecule has 0 unspecified atom stereocenters. The van der Waals surface area contributed by atoms with E-state index in [2.05, 4.69) is 0 Å². The Hall–Kier alpha value is -1.69. The van der Waals surface area contributed by atoms with Gasteiger partial charge in [0.25, 0.3) is 0 Å². The molecule has 3 nitrogen and oxygen atoms in total. The number of benzene rings is 1. The molecular weight excluding hydrogens is 176 g/mol. The number of nitriles is 1. The van der Waals surface area contributed by atoms with Gasteiger partial charge in [0, 0.05) is 6.07 Å². The lowest BCUT2D eigenvalue weighted by Gasteiger charge is -2.26. The highest BCUT2D eigenvalue weighted by molar-refractivity contribution is 5.57. The predicted octanol–water partition coefficient (Wildman–Crippen LogP) is 2.07. The fourth-order valence-corrected chi connectivity index (χ4v) is 1.40. The van der Waals surface area contributed by atoms with Crippen molar-refractivity contribution in [2.24, 2.45) is 0 Å². The number of ether oxygens (including phenoxy) is 1. The zero-order valence-electron chi connectivity index (χ0n) is 7.86. The molecule has 0 amide bonds. The van der Waals surface area contributed by atoms with Gasteiger partial charge in [0.15, 0.2) is 0 Å². The van der Waals surface area contributed by atoms with E-state index in [1.54, 1.807) is 18.2 Å². The van der Waals surface area contributed by atoms with Crippen molar-refractivity contribution in [1.82, 2.24) is 0 Å². The van der Waals surface area contributed by atoms with Gasteiger partial charge in [-0.15, -0.1) is 0 Å². The van der Waals surface area contributed by atoms with Crippen LogP contribution in [0.4, 0.5) is 5.69 Å². The maximum Gasteiger partial charge on any atom is 0.121 e. The molecule has 1 saturated carbocycles. The molecule has 1 aliphatic carbocycles. The molecule has 14 heavy (non-hydrogen) atoms. The molecule has 1 fully saturated rings. The Morgan fingerprint density at radius 3 is 2.71 bits per heavy atom. The summed E-state index contributed by atoms with van der Waals surface area (Å²) in [6, 6.07) is 7.24. The summed E-state index contributed by atoms with van der Waals surface area (Å²) in [7, 11) is 0. The summed E-state index contributed by atoms with van der Waals surface area (Å²) < 4.78 is 5.64. The van der Waals surface area contributed by atoms with E-state index in [4.69, 9.17) is 15.7 Å². The largest absolute Gasteiger partial charge is 0.490 e. The Balaban J connectivity index is 2.12. The predicted molar refractivity (Wildman–Crippen MR) is 53.8 cm³/mol. The minimum absolute atomic E-state index is 0.349. The van der Waals surface area contributed by atoms with Crippen molar-refractivity contribution in [2.45, 2.75) is 25.4 Å². The summed E-state index contributed by atoms with van der Waals surface area (Å²) >= 11 is 0. The average Bonchev–Trinajstić information content (AvgIpc) is 2.12. The van der Waals surface area contributed by atoms with E-state index in [1.165, 1.54) is 6.42 Å². The second-order valence-electron chi connectivity index (χ2n) is 3.53. The maximum atomic E-state index is 8.68. The van der Waals surface area contributed by atoms with Crippen molar-refractivity contribution >= 4 is 5.69 Å². The van der Waals surface area contributed by atoms with Gasteiger partial charge >= 0.3 is 0 Å². The molecule has 1 aromatic carbocycles. The molecule has 2 rings (SSSR count). The van der Waals surface area contributed by atoms with E-state index in [-0.39, 0.29) is 0 Å². The lowest BCUT2D eigenvalue weighted by atomic mass is 9.96. The number of hydrogen-bond donors (Lipinski definition) is 1. The fourth-order valence-electron chi connectivity index (χ4n) is 1.40. The van der Waals surface area contributed by atoms with Crippen LogP contribution in [0.15, 0.2) is 18.2 Å². The van der Waals surface area contributed by atoms with Crippen molar-refractivity contribution in [3.8, 4) is 11.8 Å². The Morgan fingerprint density at radius 1 is 1.43 bits per heavy atom. The summed E-state index contributed by atoms with van der Waals surface area (Å²) in [5.74, 6) is 0.770. The molecule has 3 heteroatoms. The van der Waals surface area contributed by atoms with Crippen LogP contribution in [-0.4, -0.2) is 6.10 Å². The van der Waals surface area contributed by atoms with E-state index >= 15 is 0 Å². The standard InChI is InChI=1S/C11H12N2O/c12-7-8-4-5-10(6-11(8)13)14-9-2-1-3-9/h4-6,9H,1-3,13H2. The van der Waals surface area contributed by atoms with Crippen LogP contribution in [0.25, 0.3) is 0 Å². The third-order valence-corrected chi connectivity index (χ3v) is 2.50. The number of hydrogen-bond acceptors (Lipinski definition) is 3. The molecule has 0 aliphatic heterocycles. The average molecular weight is 188 g/mol. The van der Waals surface area contributed by atoms with Crippen molar-refractivity contribution < 1.29 is 4.74 Å². The lowest BCUT2D eigenvalue weighted by molar-refractivity contribution is 0.120. The molecule has 0 bridgehead atoms. The highest BCUT2D eigenvalue weighted by atomic mass is 16.5. The Bertz CT molecular complexity index is 377. The SMILES string of the molecule is N#Cc1ccc(OC2CCC2)cc1N. The number of nitrogens with zero attached hydrogens (tertiary/aromatic N) is 1. The summed E-state index contributed by atoms with van der Waals surface area (Å²) in [5.41, 5.74) is 6.66. The number of anilines is 1. The van der Waals surface area contributed by atoms with Gasteiger partial charge in [0.2, 0.25) is 0 Å². The van der Waals surface area contributed by atoms with Gasteiger partial charge in [-0.3, -0.25) is 0 Å². The maximum absolute atomic E-state index is 8.68. The first kappa shape index (κ1) is 8.89. The summed E-state index contributed by atoms with van der Waals surface area (Å²) in [6.07, 6.45) is 3.85. The zero-order chi connectivity index (χ0) is 9.97. The van der Waals surface area contributed by atoms with Gasteiger partial charge in [-0.1, -0.05) is 0 Å². The molecule has 72 valence electrons. The normalized spacial score (nSPS) is 15.6. The van der Waals surface area contributed by atoms with Crippen LogP contribution in [0.3, 0.4) is 0 Å². The topological polar surface area (TPSA) is 59.0 Å². The van der Waals surface area contributed by atoms with Crippen molar-refractivity contribution in [3.05, 3.63) is 23.8 Å². The number of nitrogens with two attached hydrogens (primary N) is 1. The van der Waals surface area contributed by atoms with Gasteiger partial charge < -0.3 is 10.5 Å². The molecule has 0 aromatic heterocycles. The number of rotatable bonds is 2. The summed E-state index contributed by atoms with van der Waals surface area (Å²) in [5, 5.41) is 8.68. The van der Waals surface area contributed by atoms with E-state index in [9.17, 15) is 0 Å². The van der Waals surface area contributed by atoms with Crippen LogP contribution in [0.5, 0.6) is 5.75 Å². The second-order valence-corrected chi connectivity index (χ2v) is 3.53. The van der Waals surface area contributed by atoms with Crippen LogP contribution in [-0.2, 0) is 0 Å². The first-order valence-electron chi connectivity index (χ1n) is 4.76. The van der Waals surface area contributed by atoms with Crippen LogP contribution in [0.1, 0.15) is 24.8 Å². The third-order valence-electron chi connectivity index (χ3n) is 2.50. The lowest BCUT2D eigenvalue weighted by Crippen LogP contribution is -2.24. The highest BCUT2D eigenvalue weighted by Crippen LogP contribution is 2.27. The van der Waals surface area contributed by atoms with Gasteiger partial charge in [-0.25, -0.2) is 0 Å². The van der Waals surface area contributed by atoms with Crippen LogP contribution in [0.2, 0.25) is 0 Å². The molecule has 1 aliphatic rings. The molecule has 2 N–H and O–H groups in total. The summed E-state index contributed by atoms with van der Waals surface area (Å²) in [4.78, 5) is 0. The molecule has 0 spiro atoms. The van der Waals surface area contributed by atoms with Crippen LogP contribution < -0.4 is 10.5 Å². The van der Waals surface area contributed by atoms with E-state index < -0.39 is 0 Å². The zero-order valence-corrected chi connectivity index (χ0v) is 7.86. The van der Waals surface area contributed by atoms with Crippen molar-refractivity contribution in [1.29, 1.82) is 5.26 Å². The first-order chi connectivity index (χ1) is 6.79. The molecule has 0 radical (unpaired) electrons. The third kappa shape index (κ3) is 1.64. The van der Waals surface area contributed by atoms with E-state index in [0.29, 0.717) is 17.4 Å². The molecular formula is C11H12N2O. The van der Waals surface area contributed by atoms with Crippen molar-refractivity contribution in [3.63, 3.8) is 0 Å². The monoisotopic (exact) mass is 188 g/mol. The fraction of sp³-hybridized carbons (Fsp3) is 0.364. The van der Waals surface area contributed by atoms with Gasteiger partial charge in [0.1, 0.15) is 11.8 Å². The van der Waals surface area contributed by atoms with Crippen molar-refractivity contribution in [2.75, 3.05) is 5.73 Å². The van der Waals surface area contributed by atoms with Crippen LogP contribution >= 0.6 is 0 Å². The second kappa shape index (κ2) is 3.59. The quantitative estimate of drug-likeness (QED) is 0.723. The summed E-state index contributed by atoms with van der Waals surface area (Å²) in [6.45, 7) is 0.